The SMILES string of the molecule is CCc1nn(CC)c(CNC(C)c2ccc(Cl)cc2)c1Br. The van der Waals surface area contributed by atoms with Crippen LogP contribution in [-0.4, -0.2) is 9.78 Å². The Morgan fingerprint density at radius 3 is 2.52 bits per heavy atom. The minimum absolute atomic E-state index is 0.263. The van der Waals surface area contributed by atoms with Gasteiger partial charge in [-0.1, -0.05) is 30.7 Å². The van der Waals surface area contributed by atoms with Crippen molar-refractivity contribution in [3.05, 3.63) is 50.7 Å². The Balaban J connectivity index is 2.09. The second-order valence-electron chi connectivity index (χ2n) is 5.03. The Kier molecular flexibility index (Phi) is 5.85. The number of aryl methyl sites for hydroxylation is 2. The Hall–Kier alpha value is -0.840. The highest BCUT2D eigenvalue weighted by Gasteiger charge is 2.14. The van der Waals surface area contributed by atoms with Crippen LogP contribution >= 0.6 is 27.5 Å². The van der Waals surface area contributed by atoms with E-state index in [2.05, 4.69) is 63.9 Å². The van der Waals surface area contributed by atoms with E-state index in [4.69, 9.17) is 11.6 Å². The Morgan fingerprint density at radius 1 is 1.29 bits per heavy atom. The molecule has 0 aliphatic carbocycles. The maximum Gasteiger partial charge on any atom is 0.0767 e. The molecule has 1 atom stereocenters. The van der Waals surface area contributed by atoms with Crippen molar-refractivity contribution in [3.8, 4) is 0 Å². The van der Waals surface area contributed by atoms with Gasteiger partial charge in [0.25, 0.3) is 0 Å². The summed E-state index contributed by atoms with van der Waals surface area (Å²) in [6.45, 7) is 8.06. The molecule has 0 fully saturated rings. The molecule has 21 heavy (non-hydrogen) atoms. The molecule has 0 amide bonds. The summed E-state index contributed by atoms with van der Waals surface area (Å²) in [4.78, 5) is 0. The zero-order chi connectivity index (χ0) is 15.4. The van der Waals surface area contributed by atoms with Crippen LogP contribution in [0.25, 0.3) is 0 Å². The molecule has 5 heteroatoms. The van der Waals surface area contributed by atoms with Crippen molar-refractivity contribution in [3.63, 3.8) is 0 Å². The number of halogens is 2. The first-order valence-electron chi connectivity index (χ1n) is 7.29. The van der Waals surface area contributed by atoms with Crippen molar-refractivity contribution in [1.29, 1.82) is 0 Å². The van der Waals surface area contributed by atoms with Crippen molar-refractivity contribution >= 4 is 27.5 Å². The van der Waals surface area contributed by atoms with E-state index in [1.807, 2.05) is 12.1 Å². The average Bonchev–Trinajstić information content (AvgIpc) is 2.81. The van der Waals surface area contributed by atoms with Gasteiger partial charge in [0.2, 0.25) is 0 Å². The number of benzene rings is 1. The molecule has 0 aliphatic rings. The molecule has 0 saturated carbocycles. The molecule has 0 aliphatic heterocycles. The summed E-state index contributed by atoms with van der Waals surface area (Å²) in [5, 5.41) is 8.94. The smallest absolute Gasteiger partial charge is 0.0767 e. The van der Waals surface area contributed by atoms with E-state index in [0.29, 0.717) is 0 Å². The lowest BCUT2D eigenvalue weighted by Crippen LogP contribution is -2.20. The van der Waals surface area contributed by atoms with Gasteiger partial charge in [-0.3, -0.25) is 4.68 Å². The van der Waals surface area contributed by atoms with Gasteiger partial charge in [-0.05, 0) is 53.9 Å². The molecule has 2 rings (SSSR count). The van der Waals surface area contributed by atoms with E-state index in [0.717, 1.165) is 34.7 Å². The largest absolute Gasteiger partial charge is 0.305 e. The molecule has 1 aromatic heterocycles. The summed E-state index contributed by atoms with van der Waals surface area (Å²) in [6.07, 6.45) is 0.938. The predicted octanol–water partition coefficient (Wildman–Crippen LogP) is 4.73. The fourth-order valence-corrected chi connectivity index (χ4v) is 3.14. The molecule has 114 valence electrons. The molecule has 1 unspecified atom stereocenters. The maximum absolute atomic E-state index is 5.93. The third-order valence-electron chi connectivity index (χ3n) is 3.64. The normalized spacial score (nSPS) is 12.6. The summed E-state index contributed by atoms with van der Waals surface area (Å²) in [5.74, 6) is 0. The van der Waals surface area contributed by atoms with Gasteiger partial charge in [0.05, 0.1) is 15.9 Å². The van der Waals surface area contributed by atoms with Gasteiger partial charge in [-0.2, -0.15) is 5.10 Å². The van der Waals surface area contributed by atoms with Crippen LogP contribution in [0.1, 0.15) is 43.8 Å². The number of nitrogens with zero attached hydrogens (tertiary/aromatic N) is 2. The van der Waals surface area contributed by atoms with Crippen LogP contribution in [-0.2, 0) is 19.5 Å². The van der Waals surface area contributed by atoms with Crippen LogP contribution in [0.4, 0.5) is 0 Å². The summed E-state index contributed by atoms with van der Waals surface area (Å²) >= 11 is 9.61. The monoisotopic (exact) mass is 369 g/mol. The minimum atomic E-state index is 0.263. The van der Waals surface area contributed by atoms with Crippen molar-refractivity contribution in [2.24, 2.45) is 0 Å². The van der Waals surface area contributed by atoms with Crippen molar-refractivity contribution in [2.45, 2.75) is 46.3 Å². The number of aromatic nitrogens is 2. The number of hydrogen-bond acceptors (Lipinski definition) is 2. The quantitative estimate of drug-likeness (QED) is 0.796. The van der Waals surface area contributed by atoms with Crippen molar-refractivity contribution in [2.75, 3.05) is 0 Å². The van der Waals surface area contributed by atoms with E-state index >= 15 is 0 Å². The molecule has 1 N–H and O–H groups in total. The number of nitrogens with one attached hydrogen (secondary N) is 1. The van der Waals surface area contributed by atoms with E-state index in [9.17, 15) is 0 Å². The highest BCUT2D eigenvalue weighted by Crippen LogP contribution is 2.23. The second kappa shape index (κ2) is 7.43. The lowest BCUT2D eigenvalue weighted by Gasteiger charge is -2.15. The van der Waals surface area contributed by atoms with Gasteiger partial charge < -0.3 is 5.32 Å². The predicted molar refractivity (Wildman–Crippen MR) is 91.7 cm³/mol. The van der Waals surface area contributed by atoms with Crippen LogP contribution in [0.3, 0.4) is 0 Å². The standard InChI is InChI=1S/C16H21BrClN3/c1-4-14-16(17)15(21(5-2)20-14)10-19-11(3)12-6-8-13(18)9-7-12/h6-9,11,19H,4-5,10H2,1-3H3. The first-order chi connectivity index (χ1) is 10.1. The lowest BCUT2D eigenvalue weighted by atomic mass is 10.1. The molecule has 3 nitrogen and oxygen atoms in total. The maximum atomic E-state index is 5.93. The number of hydrogen-bond donors (Lipinski definition) is 1. The highest BCUT2D eigenvalue weighted by molar-refractivity contribution is 9.10. The van der Waals surface area contributed by atoms with Crippen LogP contribution in [0.5, 0.6) is 0 Å². The molecule has 0 bridgehead atoms. The van der Waals surface area contributed by atoms with Gasteiger partial charge in [0.15, 0.2) is 0 Å². The zero-order valence-electron chi connectivity index (χ0n) is 12.7. The Morgan fingerprint density at radius 2 is 1.95 bits per heavy atom. The van der Waals surface area contributed by atoms with Gasteiger partial charge in [-0.25, -0.2) is 0 Å². The molecule has 0 radical (unpaired) electrons. The molecule has 2 aromatic rings. The average molecular weight is 371 g/mol. The van der Waals surface area contributed by atoms with Gasteiger partial charge in [0.1, 0.15) is 0 Å². The van der Waals surface area contributed by atoms with E-state index in [-0.39, 0.29) is 6.04 Å². The Bertz CT molecular complexity index is 592. The molecule has 0 saturated heterocycles. The third-order valence-corrected chi connectivity index (χ3v) is 4.81. The van der Waals surface area contributed by atoms with Crippen LogP contribution in [0, 0.1) is 0 Å². The molecular formula is C16H21BrClN3. The topological polar surface area (TPSA) is 29.9 Å². The molecule has 0 spiro atoms. The van der Waals surface area contributed by atoms with Crippen molar-refractivity contribution < 1.29 is 0 Å². The van der Waals surface area contributed by atoms with E-state index < -0.39 is 0 Å². The Labute approximate surface area is 139 Å². The summed E-state index contributed by atoms with van der Waals surface area (Å²) < 4.78 is 3.19. The van der Waals surface area contributed by atoms with Gasteiger partial charge >= 0.3 is 0 Å². The lowest BCUT2D eigenvalue weighted by molar-refractivity contribution is 0.529. The first kappa shape index (κ1) is 16.5. The van der Waals surface area contributed by atoms with Gasteiger partial charge in [-0.15, -0.1) is 0 Å². The second-order valence-corrected chi connectivity index (χ2v) is 6.26. The fourth-order valence-electron chi connectivity index (χ4n) is 2.31. The summed E-state index contributed by atoms with van der Waals surface area (Å²) in [5.41, 5.74) is 3.55. The molecule has 1 heterocycles. The molecule has 1 aromatic carbocycles. The zero-order valence-corrected chi connectivity index (χ0v) is 15.0. The highest BCUT2D eigenvalue weighted by atomic mass is 79.9. The van der Waals surface area contributed by atoms with Crippen LogP contribution < -0.4 is 5.32 Å². The van der Waals surface area contributed by atoms with E-state index in [1.54, 1.807) is 0 Å². The minimum Gasteiger partial charge on any atom is -0.305 e. The third kappa shape index (κ3) is 3.87. The fraction of sp³-hybridized carbons (Fsp3) is 0.438. The van der Waals surface area contributed by atoms with Crippen LogP contribution in [0.2, 0.25) is 5.02 Å². The summed E-state index contributed by atoms with van der Waals surface area (Å²) in [7, 11) is 0. The van der Waals surface area contributed by atoms with Crippen molar-refractivity contribution in [1.82, 2.24) is 15.1 Å². The van der Waals surface area contributed by atoms with E-state index in [1.165, 1.54) is 11.3 Å². The van der Waals surface area contributed by atoms with Gasteiger partial charge in [0, 0.05) is 24.2 Å². The first-order valence-corrected chi connectivity index (χ1v) is 8.46. The summed E-state index contributed by atoms with van der Waals surface area (Å²) in [6, 6.07) is 8.24. The number of rotatable bonds is 6. The molecular weight excluding hydrogens is 350 g/mol. The van der Waals surface area contributed by atoms with Crippen LogP contribution in [0.15, 0.2) is 28.7 Å².